The number of amides is 1. The van der Waals surface area contributed by atoms with E-state index in [1.54, 1.807) is 30.3 Å². The second-order valence-electron chi connectivity index (χ2n) is 4.70. The van der Waals surface area contributed by atoms with E-state index in [4.69, 9.17) is 4.74 Å². The molecule has 0 aliphatic carbocycles. The molecule has 0 bridgehead atoms. The van der Waals surface area contributed by atoms with Gasteiger partial charge in [-0.15, -0.1) is 0 Å². The fraction of sp³-hybridized carbons (Fsp3) is 0.200. The van der Waals surface area contributed by atoms with Crippen molar-refractivity contribution in [3.05, 3.63) is 52.4 Å². The predicted octanol–water partition coefficient (Wildman–Crippen LogP) is 1.08. The molecule has 1 aromatic carbocycles. The fourth-order valence-corrected chi connectivity index (χ4v) is 1.70. The van der Waals surface area contributed by atoms with Gasteiger partial charge in [0, 0.05) is 14.1 Å². The first-order valence-corrected chi connectivity index (χ1v) is 6.61. The van der Waals surface area contributed by atoms with E-state index in [2.05, 4.69) is 9.84 Å². The maximum absolute atomic E-state index is 12.2. The molecule has 120 valence electrons. The summed E-state index contributed by atoms with van der Waals surface area (Å²) in [5.41, 5.74) is -0.357. The Morgan fingerprint density at radius 1 is 1.17 bits per heavy atom. The van der Waals surface area contributed by atoms with Crippen LogP contribution in [0.3, 0.4) is 0 Å². The van der Waals surface area contributed by atoms with Gasteiger partial charge in [-0.1, -0.05) is 18.2 Å². The van der Waals surface area contributed by atoms with E-state index in [0.29, 0.717) is 5.69 Å². The van der Waals surface area contributed by atoms with Crippen LogP contribution in [0, 0.1) is 0 Å². The molecule has 2 rings (SSSR count). The molecule has 1 aromatic heterocycles. The van der Waals surface area contributed by atoms with Crippen molar-refractivity contribution in [2.75, 3.05) is 21.2 Å². The van der Waals surface area contributed by atoms with Crippen LogP contribution in [0.4, 0.5) is 4.79 Å². The van der Waals surface area contributed by atoms with Gasteiger partial charge in [0.25, 0.3) is 5.56 Å². The van der Waals surface area contributed by atoms with Crippen molar-refractivity contribution in [3.8, 4) is 11.4 Å². The van der Waals surface area contributed by atoms with Gasteiger partial charge in [0.2, 0.25) is 5.69 Å². The van der Waals surface area contributed by atoms with Crippen molar-refractivity contribution in [3.63, 3.8) is 0 Å². The third kappa shape index (κ3) is 3.54. The molecule has 23 heavy (non-hydrogen) atoms. The topological polar surface area (TPSA) is 90.7 Å². The van der Waals surface area contributed by atoms with Crippen LogP contribution in [0.5, 0.6) is 5.75 Å². The maximum Gasteiger partial charge on any atom is 0.414 e. The fourth-order valence-electron chi connectivity index (χ4n) is 1.70. The highest BCUT2D eigenvalue weighted by Crippen LogP contribution is 2.16. The Morgan fingerprint density at radius 2 is 1.83 bits per heavy atom. The van der Waals surface area contributed by atoms with Crippen LogP contribution < -0.4 is 10.3 Å². The van der Waals surface area contributed by atoms with Gasteiger partial charge in [0.15, 0.2) is 5.75 Å². The van der Waals surface area contributed by atoms with E-state index in [9.17, 15) is 14.4 Å². The highest BCUT2D eigenvalue weighted by molar-refractivity contribution is 5.91. The van der Waals surface area contributed by atoms with Crippen LogP contribution >= 0.6 is 0 Å². The number of nitrogens with zero attached hydrogens (tertiary/aromatic N) is 3. The van der Waals surface area contributed by atoms with Crippen LogP contribution in [0.2, 0.25) is 0 Å². The molecule has 0 atom stereocenters. The van der Waals surface area contributed by atoms with Gasteiger partial charge in [-0.3, -0.25) is 4.79 Å². The largest absolute Gasteiger partial charge is 0.464 e. The SMILES string of the molecule is COC(=O)c1nn(-c2ccccc2)c(=O)cc1OC(=O)N(C)C. The molecular formula is C15H15N3O5. The lowest BCUT2D eigenvalue weighted by atomic mass is 10.3. The molecule has 0 saturated heterocycles. The summed E-state index contributed by atoms with van der Waals surface area (Å²) in [5, 5.41) is 3.96. The lowest BCUT2D eigenvalue weighted by Gasteiger charge is -2.13. The number of carbonyl (C=O) groups excluding carboxylic acids is 2. The Hall–Kier alpha value is -3.16. The summed E-state index contributed by atoms with van der Waals surface area (Å²) in [4.78, 5) is 36.9. The Bertz CT molecular complexity index is 783. The number of para-hydroxylation sites is 1. The van der Waals surface area contributed by atoms with Gasteiger partial charge >= 0.3 is 12.1 Å². The van der Waals surface area contributed by atoms with E-state index >= 15 is 0 Å². The second-order valence-corrected chi connectivity index (χ2v) is 4.70. The Morgan fingerprint density at radius 3 is 2.39 bits per heavy atom. The molecule has 0 saturated carbocycles. The lowest BCUT2D eigenvalue weighted by molar-refractivity contribution is 0.0587. The number of methoxy groups -OCH3 is 1. The first-order valence-electron chi connectivity index (χ1n) is 6.61. The highest BCUT2D eigenvalue weighted by Gasteiger charge is 2.21. The predicted molar refractivity (Wildman–Crippen MR) is 80.9 cm³/mol. The standard InChI is InChI=1S/C15H15N3O5/c1-17(2)15(21)23-11-9-12(19)18(10-7-5-4-6-8-10)16-13(11)14(20)22-3/h4-9H,1-3H3. The van der Waals surface area contributed by atoms with E-state index in [1.807, 2.05) is 0 Å². The summed E-state index contributed by atoms with van der Waals surface area (Å²) < 4.78 is 10.7. The van der Waals surface area contributed by atoms with Crippen molar-refractivity contribution in [2.45, 2.75) is 0 Å². The van der Waals surface area contributed by atoms with Crippen molar-refractivity contribution < 1.29 is 19.1 Å². The lowest BCUT2D eigenvalue weighted by Crippen LogP contribution is -2.29. The zero-order chi connectivity index (χ0) is 17.0. The molecule has 8 nitrogen and oxygen atoms in total. The highest BCUT2D eigenvalue weighted by atomic mass is 16.6. The van der Waals surface area contributed by atoms with Crippen molar-refractivity contribution in [1.29, 1.82) is 0 Å². The van der Waals surface area contributed by atoms with Gasteiger partial charge in [-0.2, -0.15) is 9.78 Å². The number of hydrogen-bond acceptors (Lipinski definition) is 6. The molecule has 0 spiro atoms. The van der Waals surface area contributed by atoms with Crippen molar-refractivity contribution in [1.82, 2.24) is 14.7 Å². The van der Waals surface area contributed by atoms with E-state index in [-0.39, 0.29) is 11.4 Å². The molecular weight excluding hydrogens is 302 g/mol. The van der Waals surface area contributed by atoms with Crippen LogP contribution in [-0.4, -0.2) is 47.9 Å². The quantitative estimate of drug-likeness (QED) is 0.787. The zero-order valence-electron chi connectivity index (χ0n) is 12.8. The van der Waals surface area contributed by atoms with Crippen molar-refractivity contribution >= 4 is 12.1 Å². The van der Waals surface area contributed by atoms with Crippen LogP contribution in [0.25, 0.3) is 5.69 Å². The number of esters is 1. The van der Waals surface area contributed by atoms with Gasteiger partial charge in [0.05, 0.1) is 18.9 Å². The summed E-state index contributed by atoms with van der Waals surface area (Å²) in [6, 6.07) is 9.56. The number of carbonyl (C=O) groups is 2. The molecule has 0 unspecified atom stereocenters. The van der Waals surface area contributed by atoms with Gasteiger partial charge in [-0.05, 0) is 12.1 Å². The number of hydrogen-bond donors (Lipinski definition) is 0. The number of rotatable bonds is 3. The minimum atomic E-state index is -0.823. The molecule has 0 aliphatic rings. The maximum atomic E-state index is 12.2. The van der Waals surface area contributed by atoms with Gasteiger partial charge in [-0.25, -0.2) is 9.59 Å². The van der Waals surface area contributed by atoms with Crippen LogP contribution in [0.15, 0.2) is 41.2 Å². The second kappa shape index (κ2) is 6.73. The van der Waals surface area contributed by atoms with Gasteiger partial charge < -0.3 is 14.4 Å². The smallest absolute Gasteiger partial charge is 0.414 e. The van der Waals surface area contributed by atoms with Gasteiger partial charge in [0.1, 0.15) is 0 Å². The minimum Gasteiger partial charge on any atom is -0.464 e. The summed E-state index contributed by atoms with van der Waals surface area (Å²) >= 11 is 0. The summed E-state index contributed by atoms with van der Waals surface area (Å²) in [5.74, 6) is -1.08. The molecule has 0 fully saturated rings. The number of aromatic nitrogens is 2. The molecule has 1 amide bonds. The Balaban J connectivity index is 2.56. The first-order chi connectivity index (χ1) is 10.9. The molecule has 0 radical (unpaired) electrons. The first kappa shape index (κ1) is 16.2. The third-order valence-electron chi connectivity index (χ3n) is 2.84. The van der Waals surface area contributed by atoms with Crippen LogP contribution in [0.1, 0.15) is 10.5 Å². The Labute approximate surface area is 131 Å². The molecule has 8 heteroatoms. The van der Waals surface area contributed by atoms with Crippen molar-refractivity contribution in [2.24, 2.45) is 0 Å². The molecule has 0 N–H and O–H groups in total. The van der Waals surface area contributed by atoms with E-state index in [0.717, 1.165) is 15.6 Å². The molecule has 1 heterocycles. The number of ether oxygens (including phenoxy) is 2. The Kier molecular flexibility index (Phi) is 4.75. The molecule has 2 aromatic rings. The van der Waals surface area contributed by atoms with E-state index < -0.39 is 17.6 Å². The monoisotopic (exact) mass is 317 g/mol. The summed E-state index contributed by atoms with van der Waals surface area (Å²) in [7, 11) is 4.11. The normalized spacial score (nSPS) is 10.0. The van der Waals surface area contributed by atoms with Crippen LogP contribution in [-0.2, 0) is 4.74 Å². The minimum absolute atomic E-state index is 0.257. The zero-order valence-corrected chi connectivity index (χ0v) is 12.8. The average Bonchev–Trinajstić information content (AvgIpc) is 2.55. The summed E-state index contributed by atoms with van der Waals surface area (Å²) in [6.07, 6.45) is -0.742. The summed E-state index contributed by atoms with van der Waals surface area (Å²) in [6.45, 7) is 0. The third-order valence-corrected chi connectivity index (χ3v) is 2.84. The average molecular weight is 317 g/mol. The van der Waals surface area contributed by atoms with E-state index in [1.165, 1.54) is 21.2 Å². The number of benzene rings is 1. The molecule has 0 aliphatic heterocycles.